The van der Waals surface area contributed by atoms with Crippen LogP contribution in [0.25, 0.3) is 0 Å². The Balaban J connectivity index is 1.77. The van der Waals surface area contributed by atoms with Crippen LogP contribution in [0.15, 0.2) is 0 Å². The summed E-state index contributed by atoms with van der Waals surface area (Å²) in [4.78, 5) is 12.5. The Kier molecular flexibility index (Phi) is 3.61. The van der Waals surface area contributed by atoms with Crippen molar-refractivity contribution in [2.75, 3.05) is 0 Å². The van der Waals surface area contributed by atoms with Crippen LogP contribution in [0.5, 0.6) is 0 Å². The highest BCUT2D eigenvalue weighted by molar-refractivity contribution is 5.73. The third kappa shape index (κ3) is 2.72. The molecule has 0 aliphatic heterocycles. The quantitative estimate of drug-likeness (QED) is 0.765. The molecular formula is C17H28O4. The Morgan fingerprint density at radius 3 is 2.24 bits per heavy atom. The zero-order valence-corrected chi connectivity index (χ0v) is 13.2. The first-order chi connectivity index (χ1) is 9.81. The number of hydrogen-bond acceptors (Lipinski definition) is 4. The second-order valence-corrected chi connectivity index (χ2v) is 7.96. The molecular weight excluding hydrogens is 268 g/mol. The number of carbonyl (C=O) groups is 1. The van der Waals surface area contributed by atoms with Gasteiger partial charge in [-0.25, -0.2) is 0 Å². The van der Waals surface area contributed by atoms with E-state index in [2.05, 4.69) is 6.92 Å². The van der Waals surface area contributed by atoms with Crippen LogP contribution in [0.4, 0.5) is 0 Å². The van der Waals surface area contributed by atoms with Gasteiger partial charge >= 0.3 is 5.97 Å². The van der Waals surface area contributed by atoms with E-state index in [0.717, 1.165) is 38.5 Å². The normalized spacial score (nSPS) is 45.6. The lowest BCUT2D eigenvalue weighted by Crippen LogP contribution is -2.67. The van der Waals surface area contributed by atoms with Crippen LogP contribution in [0, 0.1) is 11.8 Å². The van der Waals surface area contributed by atoms with E-state index in [1.54, 1.807) is 0 Å². The number of rotatable bonds is 5. The zero-order valence-electron chi connectivity index (χ0n) is 13.2. The van der Waals surface area contributed by atoms with Gasteiger partial charge in [0.2, 0.25) is 0 Å². The summed E-state index contributed by atoms with van der Waals surface area (Å²) in [5.41, 5.74) is -2.29. The van der Waals surface area contributed by atoms with Gasteiger partial charge in [0, 0.05) is 19.3 Å². The van der Waals surface area contributed by atoms with Gasteiger partial charge in [0.1, 0.15) is 5.60 Å². The van der Waals surface area contributed by atoms with Crippen LogP contribution < -0.4 is 0 Å². The van der Waals surface area contributed by atoms with E-state index in [1.807, 2.05) is 6.92 Å². The Morgan fingerprint density at radius 1 is 1.14 bits per heavy atom. The van der Waals surface area contributed by atoms with Gasteiger partial charge in [0.15, 0.2) is 0 Å². The van der Waals surface area contributed by atoms with Crippen molar-refractivity contribution in [2.45, 2.75) is 88.4 Å². The van der Waals surface area contributed by atoms with Crippen molar-refractivity contribution in [2.24, 2.45) is 11.8 Å². The average molecular weight is 296 g/mol. The van der Waals surface area contributed by atoms with Crippen molar-refractivity contribution in [1.82, 2.24) is 0 Å². The van der Waals surface area contributed by atoms with Crippen molar-refractivity contribution < 1.29 is 19.7 Å². The number of hydrogen-bond donors (Lipinski definition) is 2. The fourth-order valence-electron chi connectivity index (χ4n) is 5.50. The molecule has 0 amide bonds. The van der Waals surface area contributed by atoms with Crippen LogP contribution in [-0.2, 0) is 9.53 Å². The molecule has 21 heavy (non-hydrogen) atoms. The summed E-state index contributed by atoms with van der Waals surface area (Å²) in [5.74, 6) is 0.107. The molecule has 4 rings (SSSR count). The molecule has 120 valence electrons. The van der Waals surface area contributed by atoms with E-state index in [9.17, 15) is 15.0 Å². The van der Waals surface area contributed by atoms with Crippen LogP contribution in [0.1, 0.15) is 71.6 Å². The molecule has 3 unspecified atom stereocenters. The van der Waals surface area contributed by atoms with Gasteiger partial charge in [-0.05, 0) is 38.0 Å². The lowest BCUT2D eigenvalue weighted by Gasteiger charge is -2.62. The first-order valence-electron chi connectivity index (χ1n) is 8.49. The van der Waals surface area contributed by atoms with E-state index in [-0.39, 0.29) is 17.8 Å². The molecule has 0 spiro atoms. The molecule has 4 heteroatoms. The molecule has 0 aromatic rings. The molecule has 0 saturated heterocycles. The first-order valence-corrected chi connectivity index (χ1v) is 8.49. The molecule has 0 heterocycles. The van der Waals surface area contributed by atoms with E-state index < -0.39 is 16.8 Å². The number of carbonyl (C=O) groups excluding carboxylic acids is 1. The molecule has 0 aromatic heterocycles. The topological polar surface area (TPSA) is 66.8 Å². The molecule has 4 aliphatic rings. The summed E-state index contributed by atoms with van der Waals surface area (Å²) in [6.45, 7) is 4.09. The lowest BCUT2D eigenvalue weighted by molar-refractivity contribution is -0.262. The summed E-state index contributed by atoms with van der Waals surface area (Å²) in [6.07, 6.45) is 6.39. The smallest absolute Gasteiger partial charge is 0.309 e. The summed E-state index contributed by atoms with van der Waals surface area (Å²) in [7, 11) is 0. The van der Waals surface area contributed by atoms with E-state index in [0.29, 0.717) is 19.3 Å². The largest absolute Gasteiger partial charge is 0.459 e. The molecule has 2 N–H and O–H groups in total. The van der Waals surface area contributed by atoms with Gasteiger partial charge in [-0.1, -0.05) is 20.3 Å². The van der Waals surface area contributed by atoms with E-state index >= 15 is 0 Å². The van der Waals surface area contributed by atoms with E-state index in [1.165, 1.54) is 0 Å². The van der Waals surface area contributed by atoms with Crippen molar-refractivity contribution >= 4 is 5.97 Å². The lowest BCUT2D eigenvalue weighted by atomic mass is 9.50. The van der Waals surface area contributed by atoms with Crippen LogP contribution in [0.2, 0.25) is 0 Å². The van der Waals surface area contributed by atoms with Gasteiger partial charge in [-0.15, -0.1) is 0 Å². The predicted octanol–water partition coefficient (Wildman–Crippen LogP) is 2.55. The Labute approximate surface area is 126 Å². The third-order valence-corrected chi connectivity index (χ3v) is 5.74. The van der Waals surface area contributed by atoms with Gasteiger partial charge < -0.3 is 14.9 Å². The summed E-state index contributed by atoms with van der Waals surface area (Å²) < 4.78 is 5.93. The van der Waals surface area contributed by atoms with Crippen LogP contribution in [0.3, 0.4) is 0 Å². The van der Waals surface area contributed by atoms with E-state index in [4.69, 9.17) is 4.74 Å². The predicted molar refractivity (Wildman–Crippen MR) is 78.6 cm³/mol. The maximum atomic E-state index is 12.5. The summed E-state index contributed by atoms with van der Waals surface area (Å²) in [5, 5.41) is 21.4. The monoisotopic (exact) mass is 296 g/mol. The highest BCUT2D eigenvalue weighted by atomic mass is 16.6. The molecule has 4 nitrogen and oxygen atoms in total. The maximum absolute atomic E-state index is 12.5. The minimum Gasteiger partial charge on any atom is -0.459 e. The number of esters is 1. The minimum atomic E-state index is -0.832. The third-order valence-electron chi connectivity index (χ3n) is 5.74. The second-order valence-electron chi connectivity index (χ2n) is 7.96. The number of ether oxygens (including phenoxy) is 1. The van der Waals surface area contributed by atoms with Gasteiger partial charge in [-0.2, -0.15) is 0 Å². The molecule has 4 fully saturated rings. The first kappa shape index (κ1) is 15.3. The van der Waals surface area contributed by atoms with Gasteiger partial charge in [-0.3, -0.25) is 4.79 Å². The van der Waals surface area contributed by atoms with Crippen molar-refractivity contribution in [3.63, 3.8) is 0 Å². The molecule has 3 atom stereocenters. The zero-order chi connectivity index (χ0) is 15.3. The minimum absolute atomic E-state index is 0.0488. The fourth-order valence-corrected chi connectivity index (χ4v) is 5.50. The van der Waals surface area contributed by atoms with Crippen molar-refractivity contribution in [3.8, 4) is 0 Å². The van der Waals surface area contributed by atoms with Crippen LogP contribution in [-0.4, -0.2) is 33.0 Å². The van der Waals surface area contributed by atoms with Crippen LogP contribution >= 0.6 is 0 Å². The molecule has 4 saturated carbocycles. The number of aliphatic hydroxyl groups is 2. The Bertz CT molecular complexity index is 415. The Hall–Kier alpha value is -0.610. The molecule has 4 aliphatic carbocycles. The highest BCUT2D eigenvalue weighted by Gasteiger charge is 2.64. The van der Waals surface area contributed by atoms with Gasteiger partial charge in [0.25, 0.3) is 0 Å². The van der Waals surface area contributed by atoms with Gasteiger partial charge in [0.05, 0.1) is 17.1 Å². The maximum Gasteiger partial charge on any atom is 0.309 e. The van der Waals surface area contributed by atoms with Crippen molar-refractivity contribution in [3.05, 3.63) is 0 Å². The standard InChI is InChI=1S/C17H28O4/c1-3-5-13(4-2)14(18)21-17-8-12-6-15(19,10-17)9-16(20,7-12)11-17/h12-13,19-20H,3-11H2,1-2H3. The SMILES string of the molecule is CCCC(CC)C(=O)OC12CC3CC(O)(CC(O)(C3)C1)C2. The fraction of sp³-hybridized carbons (Fsp3) is 0.941. The molecule has 0 radical (unpaired) electrons. The highest BCUT2D eigenvalue weighted by Crippen LogP contribution is 2.60. The summed E-state index contributed by atoms with van der Waals surface area (Å²) >= 11 is 0. The summed E-state index contributed by atoms with van der Waals surface area (Å²) in [6, 6.07) is 0. The molecule has 0 aromatic carbocycles. The molecule has 4 bridgehead atoms. The Morgan fingerprint density at radius 2 is 1.76 bits per heavy atom. The average Bonchev–Trinajstić information content (AvgIpc) is 2.30. The van der Waals surface area contributed by atoms with Crippen molar-refractivity contribution in [1.29, 1.82) is 0 Å². The second kappa shape index (κ2) is 4.95.